The maximum atomic E-state index is 13.3. The van der Waals surface area contributed by atoms with Gasteiger partial charge in [0, 0.05) is 38.9 Å². The first-order valence-electron chi connectivity index (χ1n) is 11.3. The van der Waals surface area contributed by atoms with Crippen LogP contribution in [0.2, 0.25) is 0 Å². The van der Waals surface area contributed by atoms with Crippen LogP contribution in [-0.4, -0.2) is 68.2 Å². The van der Waals surface area contributed by atoms with E-state index >= 15 is 0 Å². The molecule has 0 bridgehead atoms. The van der Waals surface area contributed by atoms with E-state index < -0.39 is 5.60 Å². The Morgan fingerprint density at radius 3 is 2.65 bits per heavy atom. The van der Waals surface area contributed by atoms with Gasteiger partial charge < -0.3 is 25.0 Å². The van der Waals surface area contributed by atoms with Crippen LogP contribution in [0.15, 0.2) is 24.4 Å². The fourth-order valence-corrected chi connectivity index (χ4v) is 4.65. The van der Waals surface area contributed by atoms with Gasteiger partial charge >= 0.3 is 0 Å². The average Bonchev–Trinajstić information content (AvgIpc) is 2.82. The molecule has 2 aliphatic heterocycles. The first-order valence-corrected chi connectivity index (χ1v) is 11.3. The predicted molar refractivity (Wildman–Crippen MR) is 138 cm³/mol. The fourth-order valence-electron chi connectivity index (χ4n) is 4.65. The molecular weight excluding hydrogens is 477 g/mol. The van der Waals surface area contributed by atoms with E-state index in [1.165, 1.54) is 0 Å². The van der Waals surface area contributed by atoms with Crippen molar-refractivity contribution in [2.24, 2.45) is 5.73 Å². The molecule has 34 heavy (non-hydrogen) atoms. The van der Waals surface area contributed by atoms with Crippen LogP contribution < -0.4 is 15.4 Å². The number of ether oxygens (including phenoxy) is 2. The van der Waals surface area contributed by atoms with Crippen molar-refractivity contribution in [2.75, 3.05) is 52.3 Å². The number of carbonyl (C=O) groups excluding carboxylic acids is 1. The van der Waals surface area contributed by atoms with Crippen LogP contribution in [0.5, 0.6) is 5.75 Å². The Labute approximate surface area is 214 Å². The van der Waals surface area contributed by atoms with Crippen molar-refractivity contribution in [2.45, 2.75) is 37.7 Å². The molecule has 188 valence electrons. The van der Waals surface area contributed by atoms with Gasteiger partial charge in [-0.3, -0.25) is 4.79 Å². The predicted octanol–water partition coefficient (Wildman–Crippen LogP) is 2.99. The van der Waals surface area contributed by atoms with Crippen molar-refractivity contribution in [1.29, 1.82) is 0 Å². The van der Waals surface area contributed by atoms with E-state index in [0.717, 1.165) is 54.7 Å². The molecule has 0 unspecified atom stereocenters. The second-order valence-corrected chi connectivity index (χ2v) is 8.74. The molecule has 2 aliphatic rings. The highest BCUT2D eigenvalue weighted by molar-refractivity contribution is 5.94. The van der Waals surface area contributed by atoms with E-state index in [2.05, 4.69) is 4.98 Å². The van der Waals surface area contributed by atoms with Crippen molar-refractivity contribution < 1.29 is 14.3 Å². The van der Waals surface area contributed by atoms with Gasteiger partial charge in [0.1, 0.15) is 11.4 Å². The van der Waals surface area contributed by atoms with Crippen LogP contribution in [-0.2, 0) is 23.2 Å². The van der Waals surface area contributed by atoms with Crippen LogP contribution in [0.1, 0.15) is 46.4 Å². The fraction of sp³-hybridized carbons (Fsp3) is 0.542. The SMILES string of the molecule is COc1ccc(C(=O)N2CCC3(CC2)OCCc2cnc(N(C)C)nc23)cc1CCCN.Cl.Cl. The van der Waals surface area contributed by atoms with Crippen LogP contribution in [0.4, 0.5) is 5.95 Å². The average molecular weight is 512 g/mol. The van der Waals surface area contributed by atoms with E-state index in [1.807, 2.05) is 48.3 Å². The molecule has 1 spiro atoms. The lowest BCUT2D eigenvalue weighted by Gasteiger charge is -2.44. The van der Waals surface area contributed by atoms with Gasteiger partial charge in [0.2, 0.25) is 5.95 Å². The molecule has 1 fully saturated rings. The molecule has 4 rings (SSSR count). The largest absolute Gasteiger partial charge is 0.496 e. The summed E-state index contributed by atoms with van der Waals surface area (Å²) in [7, 11) is 5.53. The zero-order chi connectivity index (χ0) is 22.7. The van der Waals surface area contributed by atoms with Crippen molar-refractivity contribution >= 4 is 36.7 Å². The summed E-state index contributed by atoms with van der Waals surface area (Å²) in [6.45, 7) is 2.53. The molecule has 0 atom stereocenters. The first-order chi connectivity index (χ1) is 15.5. The number of amides is 1. The standard InChI is InChI=1S/C24H33N5O3.2ClH/c1-28(2)23-26-16-19-8-14-32-24(21(19)27-23)9-12-29(13-10-24)22(30)18-6-7-20(31-3)17(15-18)5-4-11-25;;/h6-7,15-16H,4-5,8-14,25H2,1-3H3;2*1H. The summed E-state index contributed by atoms with van der Waals surface area (Å²) in [6, 6.07) is 5.68. The lowest BCUT2D eigenvalue weighted by molar-refractivity contribution is -0.0967. The number of nitrogens with zero attached hydrogens (tertiary/aromatic N) is 4. The summed E-state index contributed by atoms with van der Waals surface area (Å²) < 4.78 is 11.8. The van der Waals surface area contributed by atoms with Gasteiger partial charge in [0.15, 0.2) is 0 Å². The molecule has 1 aromatic heterocycles. The number of aryl methyl sites for hydroxylation is 1. The maximum absolute atomic E-state index is 13.3. The summed E-state index contributed by atoms with van der Waals surface area (Å²) in [4.78, 5) is 26.4. The summed E-state index contributed by atoms with van der Waals surface area (Å²) in [5.74, 6) is 1.54. The molecule has 8 nitrogen and oxygen atoms in total. The minimum absolute atomic E-state index is 0. The molecule has 1 amide bonds. The zero-order valence-corrected chi connectivity index (χ0v) is 21.7. The molecule has 1 aromatic carbocycles. The molecule has 0 aliphatic carbocycles. The summed E-state index contributed by atoms with van der Waals surface area (Å²) in [6.07, 6.45) is 5.86. The second kappa shape index (κ2) is 12.0. The Morgan fingerprint density at radius 2 is 2.00 bits per heavy atom. The molecule has 2 aromatic rings. The van der Waals surface area contributed by atoms with E-state index in [9.17, 15) is 4.79 Å². The molecule has 3 heterocycles. The lowest BCUT2D eigenvalue weighted by Crippen LogP contribution is -2.49. The normalized spacial score (nSPS) is 16.2. The number of nitrogens with two attached hydrogens (primary N) is 1. The van der Waals surface area contributed by atoms with Gasteiger partial charge in [-0.25, -0.2) is 9.97 Å². The van der Waals surface area contributed by atoms with E-state index in [0.29, 0.717) is 37.8 Å². The third-order valence-corrected chi connectivity index (χ3v) is 6.47. The quantitative estimate of drug-likeness (QED) is 0.636. The molecule has 10 heteroatoms. The Morgan fingerprint density at radius 1 is 1.26 bits per heavy atom. The highest BCUT2D eigenvalue weighted by atomic mass is 35.5. The van der Waals surface area contributed by atoms with Gasteiger partial charge in [0.25, 0.3) is 5.91 Å². The number of anilines is 1. The van der Waals surface area contributed by atoms with Crippen LogP contribution >= 0.6 is 24.8 Å². The highest BCUT2D eigenvalue weighted by Crippen LogP contribution is 2.41. The Hall–Kier alpha value is -2.13. The highest BCUT2D eigenvalue weighted by Gasteiger charge is 2.43. The monoisotopic (exact) mass is 511 g/mol. The third kappa shape index (κ3) is 5.57. The second-order valence-electron chi connectivity index (χ2n) is 8.74. The summed E-state index contributed by atoms with van der Waals surface area (Å²) >= 11 is 0. The van der Waals surface area contributed by atoms with Gasteiger partial charge in [-0.2, -0.15) is 0 Å². The van der Waals surface area contributed by atoms with Gasteiger partial charge in [-0.1, -0.05) is 0 Å². The number of benzene rings is 1. The molecule has 0 radical (unpaired) electrons. The Bertz CT molecular complexity index is 981. The number of likely N-dealkylation sites (tertiary alicyclic amines) is 1. The van der Waals surface area contributed by atoms with Crippen LogP contribution in [0, 0.1) is 0 Å². The first kappa shape index (κ1) is 28.1. The number of piperidine rings is 1. The molecule has 1 saturated heterocycles. The van der Waals surface area contributed by atoms with Crippen molar-refractivity contribution in [3.05, 3.63) is 46.8 Å². The number of rotatable bonds is 6. The third-order valence-electron chi connectivity index (χ3n) is 6.47. The molecular formula is C24H35Cl2N5O3. The Kier molecular flexibility index (Phi) is 9.94. The number of halogens is 2. The van der Waals surface area contributed by atoms with E-state index in [-0.39, 0.29) is 30.7 Å². The van der Waals surface area contributed by atoms with E-state index in [1.54, 1.807) is 7.11 Å². The number of aromatic nitrogens is 2. The number of methoxy groups -OCH3 is 1. The summed E-state index contributed by atoms with van der Waals surface area (Å²) in [5.41, 5.74) is 9.09. The van der Waals surface area contributed by atoms with Gasteiger partial charge in [-0.05, 0) is 68.0 Å². The summed E-state index contributed by atoms with van der Waals surface area (Å²) in [5, 5.41) is 0. The molecule has 0 saturated carbocycles. The maximum Gasteiger partial charge on any atom is 0.253 e. The van der Waals surface area contributed by atoms with Crippen molar-refractivity contribution in [3.8, 4) is 5.75 Å². The van der Waals surface area contributed by atoms with Gasteiger partial charge in [0.05, 0.1) is 19.4 Å². The number of carbonyl (C=O) groups is 1. The minimum atomic E-state index is -0.440. The zero-order valence-electron chi connectivity index (χ0n) is 20.1. The van der Waals surface area contributed by atoms with Gasteiger partial charge in [-0.15, -0.1) is 24.8 Å². The van der Waals surface area contributed by atoms with Crippen molar-refractivity contribution in [1.82, 2.24) is 14.9 Å². The van der Waals surface area contributed by atoms with Crippen molar-refractivity contribution in [3.63, 3.8) is 0 Å². The smallest absolute Gasteiger partial charge is 0.253 e. The Balaban J connectivity index is 0.00000204. The lowest BCUT2D eigenvalue weighted by atomic mass is 9.83. The topological polar surface area (TPSA) is 93.8 Å². The minimum Gasteiger partial charge on any atom is -0.496 e. The number of fused-ring (bicyclic) bond motifs is 2. The van der Waals surface area contributed by atoms with Crippen LogP contribution in [0.25, 0.3) is 0 Å². The van der Waals surface area contributed by atoms with E-state index in [4.69, 9.17) is 20.2 Å². The number of hydrogen-bond acceptors (Lipinski definition) is 7. The van der Waals surface area contributed by atoms with Crippen LogP contribution in [0.3, 0.4) is 0 Å². The number of hydrogen-bond donors (Lipinski definition) is 1. The molecule has 2 N–H and O–H groups in total.